The molecular formula is C14H11N3O4. The number of para-hydroxylation sites is 1. The zero-order chi connectivity index (χ0) is 15.0. The number of amides is 1. The van der Waals surface area contributed by atoms with Crippen LogP contribution in [-0.4, -0.2) is 15.9 Å². The van der Waals surface area contributed by atoms with Crippen LogP contribution in [0.3, 0.4) is 0 Å². The molecule has 3 N–H and O–H groups in total. The van der Waals surface area contributed by atoms with Gasteiger partial charge in [-0.05, 0) is 12.1 Å². The highest BCUT2D eigenvalue weighted by Gasteiger charge is 2.27. The van der Waals surface area contributed by atoms with Gasteiger partial charge in [-0.3, -0.25) is 14.9 Å². The maximum atomic E-state index is 12.1. The number of phenolic OH excluding ortho intramolecular Hbond substituents is 1. The first-order valence-corrected chi connectivity index (χ1v) is 6.20. The average Bonchev–Trinajstić information content (AvgIpc) is 2.47. The number of benzene rings is 2. The monoisotopic (exact) mass is 285 g/mol. The van der Waals surface area contributed by atoms with Gasteiger partial charge in [-0.15, -0.1) is 0 Å². The number of carbonyl (C=O) groups excluding carboxylic acids is 1. The van der Waals surface area contributed by atoms with Crippen LogP contribution in [0.15, 0.2) is 42.5 Å². The second-order valence-electron chi connectivity index (χ2n) is 4.60. The van der Waals surface area contributed by atoms with E-state index in [1.807, 2.05) is 0 Å². The molecule has 1 heterocycles. The first-order valence-electron chi connectivity index (χ1n) is 6.20. The van der Waals surface area contributed by atoms with Crippen LogP contribution < -0.4 is 10.6 Å². The summed E-state index contributed by atoms with van der Waals surface area (Å²) < 4.78 is 0. The van der Waals surface area contributed by atoms with E-state index in [4.69, 9.17) is 0 Å². The number of nitrogens with one attached hydrogen (secondary N) is 2. The van der Waals surface area contributed by atoms with Crippen molar-refractivity contribution in [1.29, 1.82) is 0 Å². The molecule has 0 saturated heterocycles. The summed E-state index contributed by atoms with van der Waals surface area (Å²) in [5, 5.41) is 26.3. The van der Waals surface area contributed by atoms with Crippen molar-refractivity contribution < 1.29 is 14.8 Å². The number of carbonyl (C=O) groups is 1. The first-order chi connectivity index (χ1) is 10.1. The zero-order valence-corrected chi connectivity index (χ0v) is 10.7. The smallest absolute Gasteiger partial charge is 0.270 e. The number of nitro groups is 1. The molecule has 1 unspecified atom stereocenters. The number of phenols is 1. The van der Waals surface area contributed by atoms with Crippen molar-refractivity contribution in [2.24, 2.45) is 0 Å². The molecule has 1 aliphatic heterocycles. The molecule has 0 fully saturated rings. The fourth-order valence-corrected chi connectivity index (χ4v) is 2.25. The van der Waals surface area contributed by atoms with Gasteiger partial charge in [0.1, 0.15) is 11.9 Å². The number of hydrogen-bond donors (Lipinski definition) is 3. The van der Waals surface area contributed by atoms with Crippen molar-refractivity contribution in [2.75, 3.05) is 5.32 Å². The lowest BCUT2D eigenvalue weighted by molar-refractivity contribution is -0.384. The maximum absolute atomic E-state index is 12.1. The lowest BCUT2D eigenvalue weighted by atomic mass is 10.0. The minimum atomic E-state index is -0.590. The molecule has 7 heteroatoms. The number of nitro benzene ring substituents is 1. The Labute approximate surface area is 119 Å². The number of anilines is 1. The highest BCUT2D eigenvalue weighted by Crippen LogP contribution is 2.32. The Balaban J connectivity index is 1.98. The molecule has 0 aromatic heterocycles. The third-order valence-electron chi connectivity index (χ3n) is 3.28. The number of fused-ring (bicyclic) bond motifs is 1. The third kappa shape index (κ3) is 2.25. The van der Waals surface area contributed by atoms with E-state index in [-0.39, 0.29) is 17.0 Å². The van der Waals surface area contributed by atoms with Gasteiger partial charge >= 0.3 is 0 Å². The second kappa shape index (κ2) is 4.78. The van der Waals surface area contributed by atoms with Crippen molar-refractivity contribution >= 4 is 17.3 Å². The summed E-state index contributed by atoms with van der Waals surface area (Å²) in [6.07, 6.45) is -0.590. The Morgan fingerprint density at radius 3 is 2.62 bits per heavy atom. The normalized spacial score (nSPS) is 16.6. The number of hydrogen-bond acceptors (Lipinski definition) is 5. The molecule has 0 bridgehead atoms. The number of non-ortho nitro benzene ring substituents is 1. The highest BCUT2D eigenvalue weighted by molar-refractivity contribution is 6.02. The molecule has 2 aromatic carbocycles. The van der Waals surface area contributed by atoms with E-state index in [9.17, 15) is 20.0 Å². The minimum absolute atomic E-state index is 0.0562. The molecule has 2 aromatic rings. The Kier molecular flexibility index (Phi) is 2.94. The van der Waals surface area contributed by atoms with E-state index in [0.717, 1.165) is 0 Å². The van der Waals surface area contributed by atoms with Crippen LogP contribution in [-0.2, 0) is 0 Å². The molecule has 1 aliphatic rings. The van der Waals surface area contributed by atoms with Crippen LogP contribution in [0.25, 0.3) is 0 Å². The Bertz CT molecular complexity index is 745. The molecule has 7 nitrogen and oxygen atoms in total. The zero-order valence-electron chi connectivity index (χ0n) is 10.7. The average molecular weight is 285 g/mol. The molecule has 3 rings (SSSR count). The summed E-state index contributed by atoms with van der Waals surface area (Å²) >= 11 is 0. The van der Waals surface area contributed by atoms with Crippen molar-refractivity contribution in [1.82, 2.24) is 5.32 Å². The van der Waals surface area contributed by atoms with Gasteiger partial charge in [-0.25, -0.2) is 0 Å². The molecule has 0 saturated carbocycles. The molecular weight excluding hydrogens is 274 g/mol. The maximum Gasteiger partial charge on any atom is 0.270 e. The summed E-state index contributed by atoms with van der Waals surface area (Å²) in [4.78, 5) is 22.3. The fourth-order valence-electron chi connectivity index (χ4n) is 2.25. The summed E-state index contributed by atoms with van der Waals surface area (Å²) in [5.41, 5.74) is 1.06. The van der Waals surface area contributed by atoms with Gasteiger partial charge < -0.3 is 15.7 Å². The van der Waals surface area contributed by atoms with E-state index in [2.05, 4.69) is 10.6 Å². The van der Waals surface area contributed by atoms with Crippen LogP contribution >= 0.6 is 0 Å². The van der Waals surface area contributed by atoms with Crippen LogP contribution in [0, 0.1) is 10.1 Å². The van der Waals surface area contributed by atoms with Crippen molar-refractivity contribution in [3.8, 4) is 5.75 Å². The molecule has 0 spiro atoms. The molecule has 1 amide bonds. The fraction of sp³-hybridized carbons (Fsp3) is 0.0714. The molecule has 1 atom stereocenters. The Morgan fingerprint density at radius 1 is 1.14 bits per heavy atom. The van der Waals surface area contributed by atoms with E-state index < -0.39 is 17.0 Å². The topological polar surface area (TPSA) is 104 Å². The van der Waals surface area contributed by atoms with Gasteiger partial charge in [-0.1, -0.05) is 18.2 Å². The van der Waals surface area contributed by atoms with Crippen LogP contribution in [0.1, 0.15) is 22.1 Å². The SMILES string of the molecule is O=C1NC(c2ccccc2O)Nc2ccc([N+](=O)[O-])cc21. The molecule has 21 heavy (non-hydrogen) atoms. The summed E-state index contributed by atoms with van der Waals surface area (Å²) in [7, 11) is 0. The second-order valence-corrected chi connectivity index (χ2v) is 4.60. The predicted molar refractivity (Wildman–Crippen MR) is 75.0 cm³/mol. The number of nitrogens with zero attached hydrogens (tertiary/aromatic N) is 1. The molecule has 0 radical (unpaired) electrons. The van der Waals surface area contributed by atoms with Crippen LogP contribution in [0.2, 0.25) is 0 Å². The Morgan fingerprint density at radius 2 is 1.90 bits per heavy atom. The summed E-state index contributed by atoms with van der Waals surface area (Å²) in [6, 6.07) is 10.7. The van der Waals surface area contributed by atoms with Crippen molar-refractivity contribution in [3.63, 3.8) is 0 Å². The lowest BCUT2D eigenvalue weighted by Crippen LogP contribution is -2.38. The van der Waals surface area contributed by atoms with Gasteiger partial charge in [0.2, 0.25) is 0 Å². The molecule has 0 aliphatic carbocycles. The largest absolute Gasteiger partial charge is 0.508 e. The summed E-state index contributed by atoms with van der Waals surface area (Å²) in [5.74, 6) is -0.374. The number of rotatable bonds is 2. The van der Waals surface area contributed by atoms with E-state index in [1.165, 1.54) is 24.3 Å². The van der Waals surface area contributed by atoms with Gasteiger partial charge in [0.25, 0.3) is 11.6 Å². The van der Waals surface area contributed by atoms with Crippen LogP contribution in [0.4, 0.5) is 11.4 Å². The minimum Gasteiger partial charge on any atom is -0.508 e. The Hall–Kier alpha value is -3.09. The van der Waals surface area contributed by atoms with Gasteiger partial charge in [0.15, 0.2) is 0 Å². The quantitative estimate of drug-likeness (QED) is 0.579. The van der Waals surface area contributed by atoms with E-state index >= 15 is 0 Å². The van der Waals surface area contributed by atoms with E-state index in [0.29, 0.717) is 11.3 Å². The third-order valence-corrected chi connectivity index (χ3v) is 3.28. The molecule has 106 valence electrons. The highest BCUT2D eigenvalue weighted by atomic mass is 16.6. The van der Waals surface area contributed by atoms with Gasteiger partial charge in [0, 0.05) is 23.4 Å². The van der Waals surface area contributed by atoms with Gasteiger partial charge in [-0.2, -0.15) is 0 Å². The standard InChI is InChI=1S/C14H11N3O4/c18-12-4-2-1-3-9(12)13-15-11-6-5-8(17(20)21)7-10(11)14(19)16-13/h1-7,13,15,18H,(H,16,19). The first kappa shape index (κ1) is 12.9. The van der Waals surface area contributed by atoms with Crippen molar-refractivity contribution in [3.05, 3.63) is 63.7 Å². The van der Waals surface area contributed by atoms with Gasteiger partial charge in [0.05, 0.1) is 10.5 Å². The van der Waals surface area contributed by atoms with Crippen LogP contribution in [0.5, 0.6) is 5.75 Å². The van der Waals surface area contributed by atoms with E-state index in [1.54, 1.807) is 18.2 Å². The van der Waals surface area contributed by atoms with Crippen molar-refractivity contribution in [2.45, 2.75) is 6.17 Å². The lowest BCUT2D eigenvalue weighted by Gasteiger charge is -2.28. The predicted octanol–water partition coefficient (Wildman–Crippen LogP) is 2.15. The summed E-state index contributed by atoms with van der Waals surface area (Å²) in [6.45, 7) is 0. The number of aromatic hydroxyl groups is 1.